The lowest BCUT2D eigenvalue weighted by Gasteiger charge is -2.07. The predicted molar refractivity (Wildman–Crippen MR) is 125 cm³/mol. The van der Waals surface area contributed by atoms with Gasteiger partial charge >= 0.3 is 0 Å². The van der Waals surface area contributed by atoms with Crippen molar-refractivity contribution in [2.45, 2.75) is 10.9 Å². The van der Waals surface area contributed by atoms with Gasteiger partial charge in [-0.3, -0.25) is 9.89 Å². The first-order valence-electron chi connectivity index (χ1n) is 9.89. The molecule has 0 saturated carbocycles. The number of H-pyrrole nitrogens is 1. The van der Waals surface area contributed by atoms with Crippen molar-refractivity contribution in [3.05, 3.63) is 83.9 Å². The van der Waals surface area contributed by atoms with Crippen LogP contribution in [0.25, 0.3) is 11.4 Å². The van der Waals surface area contributed by atoms with Crippen molar-refractivity contribution in [2.75, 3.05) is 19.5 Å². The lowest BCUT2D eigenvalue weighted by molar-refractivity contribution is 0.102. The second-order valence-electron chi connectivity index (χ2n) is 6.84. The van der Waals surface area contributed by atoms with Crippen molar-refractivity contribution in [3.63, 3.8) is 0 Å². The van der Waals surface area contributed by atoms with Gasteiger partial charge in [0.15, 0.2) is 5.82 Å². The molecule has 0 spiro atoms. The summed E-state index contributed by atoms with van der Waals surface area (Å²) in [6.07, 6.45) is 0. The van der Waals surface area contributed by atoms with Crippen LogP contribution in [0.4, 0.5) is 5.69 Å². The molecule has 8 heteroatoms. The Morgan fingerprint density at radius 2 is 1.78 bits per heavy atom. The van der Waals surface area contributed by atoms with Gasteiger partial charge in [-0.05, 0) is 42.0 Å². The van der Waals surface area contributed by atoms with Crippen molar-refractivity contribution < 1.29 is 14.3 Å². The fourth-order valence-corrected chi connectivity index (χ4v) is 3.80. The van der Waals surface area contributed by atoms with Gasteiger partial charge < -0.3 is 14.8 Å². The highest BCUT2D eigenvalue weighted by molar-refractivity contribution is 7.98. The Balaban J connectivity index is 1.37. The van der Waals surface area contributed by atoms with Crippen LogP contribution in [0, 0.1) is 0 Å². The summed E-state index contributed by atoms with van der Waals surface area (Å²) in [5.41, 5.74) is 3.25. The topological polar surface area (TPSA) is 89.1 Å². The highest BCUT2D eigenvalue weighted by atomic mass is 32.2. The maximum Gasteiger partial charge on any atom is 0.255 e. The maximum atomic E-state index is 12.4. The lowest BCUT2D eigenvalue weighted by Crippen LogP contribution is -2.11. The highest BCUT2D eigenvalue weighted by Crippen LogP contribution is 2.32. The summed E-state index contributed by atoms with van der Waals surface area (Å²) in [6.45, 7) is 0. The minimum absolute atomic E-state index is 0.137. The van der Waals surface area contributed by atoms with Crippen LogP contribution in [-0.4, -0.2) is 35.3 Å². The van der Waals surface area contributed by atoms with Crippen LogP contribution in [0.1, 0.15) is 15.9 Å². The van der Waals surface area contributed by atoms with E-state index in [-0.39, 0.29) is 5.91 Å². The normalized spacial score (nSPS) is 10.6. The molecule has 0 aliphatic carbocycles. The van der Waals surface area contributed by atoms with Crippen LogP contribution in [0.15, 0.2) is 78.0 Å². The monoisotopic (exact) mass is 446 g/mol. The van der Waals surface area contributed by atoms with Gasteiger partial charge in [-0.25, -0.2) is 4.98 Å². The number of carbonyl (C=O) groups excluding carboxylic acids is 1. The van der Waals surface area contributed by atoms with Gasteiger partial charge in [-0.2, -0.15) is 0 Å². The van der Waals surface area contributed by atoms with E-state index in [2.05, 4.69) is 20.5 Å². The van der Waals surface area contributed by atoms with E-state index in [0.29, 0.717) is 33.8 Å². The zero-order chi connectivity index (χ0) is 22.3. The molecule has 0 aliphatic heterocycles. The molecule has 0 saturated heterocycles. The van der Waals surface area contributed by atoms with Gasteiger partial charge in [-0.15, -0.1) is 5.10 Å². The lowest BCUT2D eigenvalue weighted by atomic mass is 10.1. The third-order valence-corrected chi connectivity index (χ3v) is 5.66. The van der Waals surface area contributed by atoms with Crippen LogP contribution in [0.5, 0.6) is 11.5 Å². The van der Waals surface area contributed by atoms with E-state index < -0.39 is 0 Å². The van der Waals surface area contributed by atoms with Crippen molar-refractivity contribution in [2.24, 2.45) is 0 Å². The molecule has 0 aliphatic rings. The minimum Gasteiger partial charge on any atom is -0.497 e. The first kappa shape index (κ1) is 21.5. The summed E-state index contributed by atoms with van der Waals surface area (Å²) >= 11 is 1.51. The van der Waals surface area contributed by atoms with E-state index in [1.54, 1.807) is 20.3 Å². The van der Waals surface area contributed by atoms with Crippen molar-refractivity contribution >= 4 is 23.4 Å². The number of methoxy groups -OCH3 is 2. The number of anilines is 1. The molecule has 0 fully saturated rings. The van der Waals surface area contributed by atoms with Crippen LogP contribution in [-0.2, 0) is 5.75 Å². The number of amides is 1. The van der Waals surface area contributed by atoms with Crippen molar-refractivity contribution in [1.29, 1.82) is 0 Å². The molecule has 4 aromatic rings. The molecule has 162 valence electrons. The SMILES string of the molecule is COc1ccc(-c2nc(SCc3ccc(C(=O)Nc4ccccc4)cc3)n[nH]2)c(OC)c1. The summed E-state index contributed by atoms with van der Waals surface area (Å²) in [5.74, 6) is 2.53. The number of rotatable bonds is 8. The summed E-state index contributed by atoms with van der Waals surface area (Å²) < 4.78 is 10.7. The van der Waals surface area contributed by atoms with E-state index in [1.165, 1.54) is 11.8 Å². The smallest absolute Gasteiger partial charge is 0.255 e. The van der Waals surface area contributed by atoms with Gasteiger partial charge in [-0.1, -0.05) is 42.1 Å². The Morgan fingerprint density at radius 3 is 2.50 bits per heavy atom. The second kappa shape index (κ2) is 10.0. The highest BCUT2D eigenvalue weighted by Gasteiger charge is 2.13. The molecule has 1 heterocycles. The number of ether oxygens (including phenoxy) is 2. The minimum atomic E-state index is -0.137. The Hall–Kier alpha value is -3.78. The number of aromatic amines is 1. The fraction of sp³-hybridized carbons (Fsp3) is 0.125. The third kappa shape index (κ3) is 5.09. The van der Waals surface area contributed by atoms with Gasteiger partial charge in [0.25, 0.3) is 5.91 Å². The molecule has 4 rings (SSSR count). The molecular formula is C24H22N4O3S. The molecule has 0 atom stereocenters. The number of nitrogens with one attached hydrogen (secondary N) is 2. The van der Waals surface area contributed by atoms with Gasteiger partial charge in [0.1, 0.15) is 11.5 Å². The van der Waals surface area contributed by atoms with Crippen LogP contribution in [0.3, 0.4) is 0 Å². The van der Waals surface area contributed by atoms with Crippen molar-refractivity contribution in [1.82, 2.24) is 15.2 Å². The average Bonchev–Trinajstić information content (AvgIpc) is 3.32. The number of hydrogen-bond acceptors (Lipinski definition) is 6. The molecule has 1 amide bonds. The number of nitrogens with zero attached hydrogens (tertiary/aromatic N) is 2. The number of thioether (sulfide) groups is 1. The van der Waals surface area contributed by atoms with Gasteiger partial charge in [0.05, 0.1) is 19.8 Å². The predicted octanol–water partition coefficient (Wildman–Crippen LogP) is 5.03. The fourth-order valence-electron chi connectivity index (χ4n) is 3.05. The number of carbonyl (C=O) groups is 1. The molecule has 1 aromatic heterocycles. The zero-order valence-electron chi connectivity index (χ0n) is 17.7. The van der Waals surface area contributed by atoms with Crippen LogP contribution < -0.4 is 14.8 Å². The van der Waals surface area contributed by atoms with Gasteiger partial charge in [0, 0.05) is 23.1 Å². The Morgan fingerprint density at radius 1 is 1.00 bits per heavy atom. The molecular weight excluding hydrogens is 424 g/mol. The maximum absolute atomic E-state index is 12.4. The summed E-state index contributed by atoms with van der Waals surface area (Å²) in [5, 5.41) is 10.8. The first-order chi connectivity index (χ1) is 15.7. The Kier molecular flexibility index (Phi) is 6.72. The molecule has 0 unspecified atom stereocenters. The van der Waals surface area contributed by atoms with E-state index in [0.717, 1.165) is 16.8 Å². The molecule has 0 bridgehead atoms. The van der Waals surface area contributed by atoms with Crippen LogP contribution in [0.2, 0.25) is 0 Å². The third-order valence-electron chi connectivity index (χ3n) is 4.74. The zero-order valence-corrected chi connectivity index (χ0v) is 18.5. The van der Waals surface area contributed by atoms with Crippen molar-refractivity contribution in [3.8, 4) is 22.9 Å². The first-order valence-corrected chi connectivity index (χ1v) is 10.9. The van der Waals surface area contributed by atoms with Gasteiger partial charge in [0.2, 0.25) is 5.16 Å². The molecule has 32 heavy (non-hydrogen) atoms. The number of para-hydroxylation sites is 1. The van der Waals surface area contributed by atoms with E-state index in [1.807, 2.05) is 66.7 Å². The largest absolute Gasteiger partial charge is 0.497 e. The summed E-state index contributed by atoms with van der Waals surface area (Å²) in [7, 11) is 3.22. The Labute approximate surface area is 190 Å². The number of aromatic nitrogens is 3. The molecule has 7 nitrogen and oxygen atoms in total. The van der Waals surface area contributed by atoms with E-state index >= 15 is 0 Å². The average molecular weight is 447 g/mol. The second-order valence-corrected chi connectivity index (χ2v) is 7.78. The number of benzene rings is 3. The Bertz CT molecular complexity index is 1190. The summed E-state index contributed by atoms with van der Waals surface area (Å²) in [6, 6.07) is 22.4. The summed E-state index contributed by atoms with van der Waals surface area (Å²) in [4.78, 5) is 16.9. The van der Waals surface area contributed by atoms with E-state index in [4.69, 9.17) is 9.47 Å². The quantitative estimate of drug-likeness (QED) is 0.369. The molecule has 3 aromatic carbocycles. The van der Waals surface area contributed by atoms with E-state index in [9.17, 15) is 4.79 Å². The number of hydrogen-bond donors (Lipinski definition) is 2. The molecule has 0 radical (unpaired) electrons. The standard InChI is InChI=1S/C24H22N4O3S/c1-30-19-12-13-20(21(14-19)31-2)22-26-24(28-27-22)32-15-16-8-10-17(11-9-16)23(29)25-18-6-4-3-5-7-18/h3-14H,15H2,1-2H3,(H,25,29)(H,26,27,28). The molecule has 2 N–H and O–H groups in total. The van der Waals surface area contributed by atoms with Crippen LogP contribution >= 0.6 is 11.8 Å².